The van der Waals surface area contributed by atoms with Crippen LogP contribution in [-0.2, 0) is 9.59 Å². The average molecular weight is 203 g/mol. The largest absolute Gasteiger partial charge is 0.481 e. The fourth-order valence-electron chi connectivity index (χ4n) is 0.783. The van der Waals surface area contributed by atoms with Gasteiger partial charge in [-0.2, -0.15) is 0 Å². The summed E-state index contributed by atoms with van der Waals surface area (Å²) >= 11 is 0. The molecule has 0 spiro atoms. The lowest BCUT2D eigenvalue weighted by Gasteiger charge is -2.24. The maximum absolute atomic E-state index is 11.2. The first kappa shape index (κ1) is 12.9. The van der Waals surface area contributed by atoms with Gasteiger partial charge in [0.1, 0.15) is 6.10 Å². The van der Waals surface area contributed by atoms with Crippen molar-refractivity contribution in [3.63, 3.8) is 0 Å². The number of aliphatic carboxylic acids is 1. The fourth-order valence-corrected chi connectivity index (χ4v) is 0.783. The van der Waals surface area contributed by atoms with Gasteiger partial charge in [-0.1, -0.05) is 20.8 Å². The Morgan fingerprint density at radius 2 is 1.86 bits per heavy atom. The third-order valence-electron chi connectivity index (χ3n) is 1.71. The van der Waals surface area contributed by atoms with Crippen molar-refractivity contribution in [1.82, 2.24) is 5.32 Å². The van der Waals surface area contributed by atoms with Crippen molar-refractivity contribution in [2.24, 2.45) is 5.41 Å². The summed E-state index contributed by atoms with van der Waals surface area (Å²) in [5.41, 5.74) is -0.534. The zero-order chi connectivity index (χ0) is 11.4. The summed E-state index contributed by atoms with van der Waals surface area (Å²) in [5.74, 6) is -1.51. The Bertz CT molecular complexity index is 219. The Balaban J connectivity index is 3.91. The Morgan fingerprint density at radius 3 is 2.21 bits per heavy atom. The average Bonchev–Trinajstić information content (AvgIpc) is 2.00. The lowest BCUT2D eigenvalue weighted by Crippen LogP contribution is -2.43. The van der Waals surface area contributed by atoms with Gasteiger partial charge in [-0.25, -0.2) is 0 Å². The minimum absolute atomic E-state index is 0.0430. The monoisotopic (exact) mass is 203 g/mol. The highest BCUT2D eigenvalue weighted by atomic mass is 16.4. The van der Waals surface area contributed by atoms with Gasteiger partial charge in [-0.3, -0.25) is 9.59 Å². The predicted molar refractivity (Wildman–Crippen MR) is 50.7 cm³/mol. The van der Waals surface area contributed by atoms with Crippen LogP contribution in [0, 0.1) is 5.41 Å². The van der Waals surface area contributed by atoms with Crippen LogP contribution in [-0.4, -0.2) is 34.7 Å². The molecule has 5 nitrogen and oxygen atoms in total. The van der Waals surface area contributed by atoms with Gasteiger partial charge in [0.25, 0.3) is 0 Å². The third kappa shape index (κ3) is 4.81. The predicted octanol–water partition coefficient (Wildman–Crippen LogP) is -0.0157. The van der Waals surface area contributed by atoms with E-state index in [0.717, 1.165) is 0 Å². The molecule has 0 aliphatic carbocycles. The number of amides is 1. The maximum Gasteiger partial charge on any atom is 0.305 e. The first-order chi connectivity index (χ1) is 6.25. The normalized spacial score (nSPS) is 13.4. The van der Waals surface area contributed by atoms with Crippen LogP contribution in [0.5, 0.6) is 0 Å². The van der Waals surface area contributed by atoms with E-state index in [-0.39, 0.29) is 13.0 Å². The van der Waals surface area contributed by atoms with E-state index in [0.29, 0.717) is 0 Å². The molecular formula is C9H17NO4. The molecular weight excluding hydrogens is 186 g/mol. The number of carbonyl (C=O) groups excluding carboxylic acids is 1. The molecule has 0 bridgehead atoms. The molecule has 0 saturated carbocycles. The van der Waals surface area contributed by atoms with Crippen molar-refractivity contribution in [2.45, 2.75) is 33.3 Å². The number of aliphatic hydroxyl groups excluding tert-OH is 1. The van der Waals surface area contributed by atoms with Crippen molar-refractivity contribution >= 4 is 11.9 Å². The quantitative estimate of drug-likeness (QED) is 0.599. The molecule has 0 saturated heterocycles. The van der Waals surface area contributed by atoms with Gasteiger partial charge in [0.2, 0.25) is 5.91 Å². The molecule has 0 aliphatic heterocycles. The van der Waals surface area contributed by atoms with E-state index >= 15 is 0 Å². The van der Waals surface area contributed by atoms with Crippen LogP contribution in [0.2, 0.25) is 0 Å². The Morgan fingerprint density at radius 1 is 1.36 bits per heavy atom. The van der Waals surface area contributed by atoms with Gasteiger partial charge in [0.15, 0.2) is 0 Å². The van der Waals surface area contributed by atoms with E-state index in [4.69, 9.17) is 5.11 Å². The van der Waals surface area contributed by atoms with Crippen LogP contribution in [0.15, 0.2) is 0 Å². The molecule has 0 fully saturated rings. The third-order valence-corrected chi connectivity index (χ3v) is 1.71. The maximum atomic E-state index is 11.2. The molecule has 0 aliphatic rings. The molecule has 0 heterocycles. The Kier molecular flexibility index (Phi) is 4.56. The van der Waals surface area contributed by atoms with E-state index in [1.54, 1.807) is 20.8 Å². The summed E-state index contributed by atoms with van der Waals surface area (Å²) in [7, 11) is 0. The zero-order valence-corrected chi connectivity index (χ0v) is 8.70. The highest BCUT2D eigenvalue weighted by molar-refractivity contribution is 5.81. The molecule has 0 aromatic heterocycles. The molecule has 1 amide bonds. The number of rotatable bonds is 4. The summed E-state index contributed by atoms with van der Waals surface area (Å²) < 4.78 is 0. The second kappa shape index (κ2) is 4.95. The molecule has 82 valence electrons. The van der Waals surface area contributed by atoms with Crippen molar-refractivity contribution in [3.8, 4) is 0 Å². The summed E-state index contributed by atoms with van der Waals surface area (Å²) in [5, 5.41) is 20.1. The summed E-state index contributed by atoms with van der Waals surface area (Å²) in [6.45, 7) is 5.23. The standard InChI is InChI=1S/C9H17NO4/c1-9(2,3)7(13)8(14)10-5-4-6(11)12/h7,13H,4-5H2,1-3H3,(H,10,14)(H,11,12). The van der Waals surface area contributed by atoms with Crippen LogP contribution in [0.3, 0.4) is 0 Å². The number of hydrogen-bond donors (Lipinski definition) is 3. The lowest BCUT2D eigenvalue weighted by atomic mass is 9.89. The second-order valence-corrected chi connectivity index (χ2v) is 4.20. The molecule has 0 aromatic rings. The topological polar surface area (TPSA) is 86.6 Å². The molecule has 3 N–H and O–H groups in total. The van der Waals surface area contributed by atoms with Crippen LogP contribution < -0.4 is 5.32 Å². The molecule has 1 atom stereocenters. The van der Waals surface area contributed by atoms with E-state index < -0.39 is 23.4 Å². The van der Waals surface area contributed by atoms with Crippen LogP contribution in [0.4, 0.5) is 0 Å². The van der Waals surface area contributed by atoms with Gasteiger partial charge in [-0.15, -0.1) is 0 Å². The highest BCUT2D eigenvalue weighted by Gasteiger charge is 2.28. The van der Waals surface area contributed by atoms with Crippen molar-refractivity contribution in [1.29, 1.82) is 0 Å². The van der Waals surface area contributed by atoms with Gasteiger partial charge in [-0.05, 0) is 5.41 Å². The van der Waals surface area contributed by atoms with E-state index in [1.165, 1.54) is 0 Å². The highest BCUT2D eigenvalue weighted by Crippen LogP contribution is 2.18. The number of nitrogens with one attached hydrogen (secondary N) is 1. The smallest absolute Gasteiger partial charge is 0.305 e. The van der Waals surface area contributed by atoms with Gasteiger partial charge >= 0.3 is 5.97 Å². The lowest BCUT2D eigenvalue weighted by molar-refractivity contribution is -0.137. The molecule has 0 rings (SSSR count). The summed E-state index contributed by atoms with van der Waals surface area (Å²) in [6.07, 6.45) is -1.25. The number of carboxylic acids is 1. The molecule has 1 unspecified atom stereocenters. The van der Waals surface area contributed by atoms with Crippen molar-refractivity contribution in [3.05, 3.63) is 0 Å². The summed E-state index contributed by atoms with van der Waals surface area (Å²) in [4.78, 5) is 21.4. The van der Waals surface area contributed by atoms with Gasteiger partial charge in [0.05, 0.1) is 6.42 Å². The molecule has 5 heteroatoms. The first-order valence-electron chi connectivity index (χ1n) is 4.42. The van der Waals surface area contributed by atoms with E-state index in [2.05, 4.69) is 5.32 Å². The van der Waals surface area contributed by atoms with E-state index in [1.807, 2.05) is 0 Å². The van der Waals surface area contributed by atoms with Gasteiger partial charge in [0, 0.05) is 6.54 Å². The van der Waals surface area contributed by atoms with Crippen LogP contribution >= 0.6 is 0 Å². The van der Waals surface area contributed by atoms with Crippen LogP contribution in [0.25, 0.3) is 0 Å². The Hall–Kier alpha value is -1.10. The van der Waals surface area contributed by atoms with Crippen LogP contribution in [0.1, 0.15) is 27.2 Å². The molecule has 14 heavy (non-hydrogen) atoms. The number of carboxylic acid groups (broad SMARTS) is 1. The SMILES string of the molecule is CC(C)(C)C(O)C(=O)NCCC(=O)O. The minimum Gasteiger partial charge on any atom is -0.481 e. The molecule has 0 aromatic carbocycles. The number of carbonyl (C=O) groups is 2. The van der Waals surface area contributed by atoms with E-state index in [9.17, 15) is 14.7 Å². The van der Waals surface area contributed by atoms with Gasteiger partial charge < -0.3 is 15.5 Å². The fraction of sp³-hybridized carbons (Fsp3) is 0.778. The number of aliphatic hydroxyl groups is 1. The minimum atomic E-state index is -1.11. The Labute approximate surface area is 83.1 Å². The zero-order valence-electron chi connectivity index (χ0n) is 8.70. The first-order valence-corrected chi connectivity index (χ1v) is 4.42. The second-order valence-electron chi connectivity index (χ2n) is 4.20. The van der Waals surface area contributed by atoms with Crippen molar-refractivity contribution < 1.29 is 19.8 Å². The van der Waals surface area contributed by atoms with Crippen molar-refractivity contribution in [2.75, 3.05) is 6.54 Å². The number of hydrogen-bond acceptors (Lipinski definition) is 3. The summed E-state index contributed by atoms with van der Waals surface area (Å²) in [6, 6.07) is 0. The molecule has 0 radical (unpaired) electrons.